The highest BCUT2D eigenvalue weighted by Crippen LogP contribution is 2.33. The minimum atomic E-state index is -1.29. The molecule has 0 saturated carbocycles. The summed E-state index contributed by atoms with van der Waals surface area (Å²) >= 11 is 0. The van der Waals surface area contributed by atoms with E-state index >= 15 is 0 Å². The summed E-state index contributed by atoms with van der Waals surface area (Å²) in [5.74, 6) is -2.20. The number of hydrogen-bond donors (Lipinski definition) is 1. The first kappa shape index (κ1) is 17.9. The van der Waals surface area contributed by atoms with Gasteiger partial charge in [-0.05, 0) is 12.5 Å². The molecule has 2 rings (SSSR count). The minimum Gasteiger partial charge on any atom is -0.468 e. The van der Waals surface area contributed by atoms with Crippen molar-refractivity contribution < 1.29 is 29.0 Å². The summed E-state index contributed by atoms with van der Waals surface area (Å²) < 4.78 is 9.90. The lowest BCUT2D eigenvalue weighted by molar-refractivity contribution is -0.148. The Morgan fingerprint density at radius 3 is 2.58 bits per heavy atom. The number of nitrogens with zero attached hydrogens (tertiary/aromatic N) is 1. The standard InChI is InChI=1S/C17H21NO6/c1-17(8-9-19)14(20)13(15(21)23-2)10-18(17)16(22)24-11-12-6-4-3-5-7-12/h3-7,13,19H,8-11H2,1-2H3. The van der Waals surface area contributed by atoms with Crippen molar-refractivity contribution in [1.82, 2.24) is 4.90 Å². The Labute approximate surface area is 140 Å². The summed E-state index contributed by atoms with van der Waals surface area (Å²) in [5, 5.41) is 9.25. The topological polar surface area (TPSA) is 93.1 Å². The van der Waals surface area contributed by atoms with Gasteiger partial charge in [-0.3, -0.25) is 14.5 Å². The fraction of sp³-hybridized carbons (Fsp3) is 0.471. The van der Waals surface area contributed by atoms with Crippen molar-refractivity contribution in [2.75, 3.05) is 20.3 Å². The van der Waals surface area contributed by atoms with Crippen LogP contribution in [0.25, 0.3) is 0 Å². The quantitative estimate of drug-likeness (QED) is 0.641. The van der Waals surface area contributed by atoms with Crippen LogP contribution in [0.2, 0.25) is 0 Å². The number of amides is 1. The lowest BCUT2D eigenvalue weighted by Crippen LogP contribution is -2.49. The molecule has 0 spiro atoms. The smallest absolute Gasteiger partial charge is 0.410 e. The predicted molar refractivity (Wildman–Crippen MR) is 84.0 cm³/mol. The van der Waals surface area contributed by atoms with Crippen molar-refractivity contribution in [2.45, 2.75) is 25.5 Å². The fourth-order valence-electron chi connectivity index (χ4n) is 2.85. The Bertz CT molecular complexity index is 617. The molecule has 2 unspecified atom stereocenters. The van der Waals surface area contributed by atoms with Gasteiger partial charge in [0.15, 0.2) is 5.78 Å². The van der Waals surface area contributed by atoms with Gasteiger partial charge >= 0.3 is 12.1 Å². The molecule has 7 nitrogen and oxygen atoms in total. The number of aliphatic hydroxyl groups is 1. The SMILES string of the molecule is COC(=O)C1CN(C(=O)OCc2ccccc2)C(C)(CCO)C1=O. The molecule has 1 aromatic carbocycles. The average Bonchev–Trinajstić information content (AvgIpc) is 2.85. The van der Waals surface area contributed by atoms with Crippen molar-refractivity contribution in [3.63, 3.8) is 0 Å². The first-order valence-electron chi connectivity index (χ1n) is 7.65. The number of esters is 1. The van der Waals surface area contributed by atoms with E-state index in [0.717, 1.165) is 5.56 Å². The highest BCUT2D eigenvalue weighted by Gasteiger charge is 2.55. The summed E-state index contributed by atoms with van der Waals surface area (Å²) in [6.07, 6.45) is -0.672. The maximum absolute atomic E-state index is 12.5. The highest BCUT2D eigenvalue weighted by atomic mass is 16.6. The van der Waals surface area contributed by atoms with Crippen LogP contribution in [0.1, 0.15) is 18.9 Å². The van der Waals surface area contributed by atoms with E-state index in [4.69, 9.17) is 4.74 Å². The van der Waals surface area contributed by atoms with Gasteiger partial charge in [0.25, 0.3) is 0 Å². The number of carbonyl (C=O) groups is 3. The maximum Gasteiger partial charge on any atom is 0.410 e. The van der Waals surface area contributed by atoms with Gasteiger partial charge in [0.05, 0.1) is 7.11 Å². The van der Waals surface area contributed by atoms with Gasteiger partial charge in [-0.25, -0.2) is 4.79 Å². The molecular formula is C17H21NO6. The molecule has 24 heavy (non-hydrogen) atoms. The second-order valence-corrected chi connectivity index (χ2v) is 5.84. The van der Waals surface area contributed by atoms with Crippen molar-refractivity contribution in [3.8, 4) is 0 Å². The van der Waals surface area contributed by atoms with Crippen LogP contribution in [-0.4, -0.2) is 53.7 Å². The largest absolute Gasteiger partial charge is 0.468 e. The molecule has 1 saturated heterocycles. The lowest BCUT2D eigenvalue weighted by atomic mass is 9.89. The lowest BCUT2D eigenvalue weighted by Gasteiger charge is -2.32. The molecule has 0 aliphatic carbocycles. The summed E-state index contributed by atoms with van der Waals surface area (Å²) in [4.78, 5) is 38.0. The van der Waals surface area contributed by atoms with E-state index in [2.05, 4.69) is 4.74 Å². The minimum absolute atomic E-state index is 0.0275. The maximum atomic E-state index is 12.5. The Morgan fingerprint density at radius 1 is 1.33 bits per heavy atom. The first-order valence-corrected chi connectivity index (χ1v) is 7.65. The molecule has 1 N–H and O–H groups in total. The molecule has 2 atom stereocenters. The summed E-state index contributed by atoms with van der Waals surface area (Å²) in [6, 6.07) is 9.13. The molecule has 1 aliphatic heterocycles. The number of benzene rings is 1. The fourth-order valence-corrected chi connectivity index (χ4v) is 2.85. The van der Waals surface area contributed by atoms with E-state index in [1.54, 1.807) is 0 Å². The predicted octanol–water partition coefficient (Wildman–Crippen LogP) is 1.14. The number of methoxy groups -OCH3 is 1. The number of ether oxygens (including phenoxy) is 2. The van der Waals surface area contributed by atoms with E-state index in [1.165, 1.54) is 18.9 Å². The number of hydrogen-bond acceptors (Lipinski definition) is 6. The zero-order chi connectivity index (χ0) is 17.7. The molecule has 0 aromatic heterocycles. The molecule has 7 heteroatoms. The average molecular weight is 335 g/mol. The van der Waals surface area contributed by atoms with Crippen LogP contribution in [0, 0.1) is 5.92 Å². The van der Waals surface area contributed by atoms with Crippen LogP contribution in [0.3, 0.4) is 0 Å². The van der Waals surface area contributed by atoms with E-state index in [9.17, 15) is 19.5 Å². The third kappa shape index (κ3) is 3.41. The third-order valence-electron chi connectivity index (χ3n) is 4.32. The van der Waals surface area contributed by atoms with Gasteiger partial charge in [-0.1, -0.05) is 30.3 Å². The first-order chi connectivity index (χ1) is 11.4. The van der Waals surface area contributed by atoms with Gasteiger partial charge < -0.3 is 14.6 Å². The number of carbonyl (C=O) groups excluding carboxylic acids is 3. The van der Waals surface area contributed by atoms with Crippen LogP contribution in [0.4, 0.5) is 4.79 Å². The Hall–Kier alpha value is -2.41. The van der Waals surface area contributed by atoms with E-state index in [-0.39, 0.29) is 26.2 Å². The van der Waals surface area contributed by atoms with Crippen LogP contribution in [0.5, 0.6) is 0 Å². The van der Waals surface area contributed by atoms with Crippen LogP contribution < -0.4 is 0 Å². The number of Topliss-reactive ketones (excluding diaryl/α,β-unsaturated/α-hetero) is 1. The van der Waals surface area contributed by atoms with Gasteiger partial charge in [0.1, 0.15) is 18.1 Å². The van der Waals surface area contributed by atoms with E-state index in [1.807, 2.05) is 30.3 Å². The van der Waals surface area contributed by atoms with Crippen molar-refractivity contribution in [3.05, 3.63) is 35.9 Å². The molecule has 1 amide bonds. The zero-order valence-corrected chi connectivity index (χ0v) is 13.7. The van der Waals surface area contributed by atoms with Crippen LogP contribution >= 0.6 is 0 Å². The second kappa shape index (κ2) is 7.44. The third-order valence-corrected chi connectivity index (χ3v) is 4.32. The molecule has 1 fully saturated rings. The molecule has 1 aromatic rings. The summed E-state index contributed by atoms with van der Waals surface area (Å²) in [7, 11) is 1.19. The van der Waals surface area contributed by atoms with E-state index < -0.39 is 29.3 Å². The number of aliphatic hydroxyl groups excluding tert-OH is 1. The molecule has 130 valence electrons. The van der Waals surface area contributed by atoms with Gasteiger partial charge in [-0.2, -0.15) is 0 Å². The van der Waals surface area contributed by atoms with Gasteiger partial charge in [-0.15, -0.1) is 0 Å². The van der Waals surface area contributed by atoms with Crippen molar-refractivity contribution in [1.29, 1.82) is 0 Å². The molecule has 1 aliphatic rings. The number of ketones is 1. The van der Waals surface area contributed by atoms with Gasteiger partial charge in [0.2, 0.25) is 0 Å². The van der Waals surface area contributed by atoms with Crippen molar-refractivity contribution >= 4 is 17.8 Å². The second-order valence-electron chi connectivity index (χ2n) is 5.84. The Kier molecular flexibility index (Phi) is 5.56. The summed E-state index contributed by atoms with van der Waals surface area (Å²) in [5.41, 5.74) is -0.480. The summed E-state index contributed by atoms with van der Waals surface area (Å²) in [6.45, 7) is 1.18. The Balaban J connectivity index is 2.14. The monoisotopic (exact) mass is 335 g/mol. The highest BCUT2D eigenvalue weighted by molar-refractivity contribution is 6.07. The molecule has 0 bridgehead atoms. The van der Waals surface area contributed by atoms with Crippen LogP contribution in [-0.2, 0) is 25.7 Å². The normalized spacial score (nSPS) is 23.2. The van der Waals surface area contributed by atoms with Crippen molar-refractivity contribution in [2.24, 2.45) is 5.92 Å². The number of rotatable bonds is 5. The molecule has 0 radical (unpaired) electrons. The van der Waals surface area contributed by atoms with Crippen LogP contribution in [0.15, 0.2) is 30.3 Å². The zero-order valence-electron chi connectivity index (χ0n) is 13.7. The Morgan fingerprint density at radius 2 is 2.00 bits per heavy atom. The molecular weight excluding hydrogens is 314 g/mol. The van der Waals surface area contributed by atoms with E-state index in [0.29, 0.717) is 0 Å². The number of likely N-dealkylation sites (tertiary alicyclic amines) is 1. The molecule has 1 heterocycles. The van der Waals surface area contributed by atoms with Gasteiger partial charge in [0, 0.05) is 19.6 Å².